The normalized spacial score (nSPS) is 14.8. The van der Waals surface area contributed by atoms with Crippen LogP contribution in [0.2, 0.25) is 5.02 Å². The van der Waals surface area contributed by atoms with Gasteiger partial charge >= 0.3 is 6.03 Å². The Morgan fingerprint density at radius 1 is 1.03 bits per heavy atom. The number of piperazine rings is 1. The van der Waals surface area contributed by atoms with Crippen LogP contribution in [0.3, 0.4) is 0 Å². The zero-order valence-electron chi connectivity index (χ0n) is 22.0. The Morgan fingerprint density at radius 3 is 2.30 bits per heavy atom. The van der Waals surface area contributed by atoms with Crippen LogP contribution in [0.5, 0.6) is 0 Å². The van der Waals surface area contributed by atoms with Gasteiger partial charge in [-0.1, -0.05) is 11.6 Å². The summed E-state index contributed by atoms with van der Waals surface area (Å²) < 4.78 is 5.73. The van der Waals surface area contributed by atoms with Gasteiger partial charge in [0, 0.05) is 43.8 Å². The van der Waals surface area contributed by atoms with Crippen LogP contribution in [0.25, 0.3) is 0 Å². The summed E-state index contributed by atoms with van der Waals surface area (Å²) in [6.45, 7) is 11.9. The maximum atomic E-state index is 13.0. The molecule has 4 N–H and O–H groups in total. The summed E-state index contributed by atoms with van der Waals surface area (Å²) >= 11 is 6.31. The number of hydrogen-bond donors (Lipinski definition) is 4. The van der Waals surface area contributed by atoms with E-state index in [0.717, 1.165) is 0 Å². The smallest absolute Gasteiger partial charge is 0.319 e. The molecule has 1 fully saturated rings. The van der Waals surface area contributed by atoms with Crippen molar-refractivity contribution in [3.8, 4) is 0 Å². The van der Waals surface area contributed by atoms with E-state index in [9.17, 15) is 19.5 Å². The minimum atomic E-state index is -1.04. The molecule has 202 valence electrons. The summed E-state index contributed by atoms with van der Waals surface area (Å²) in [5, 5.41) is 18.0. The number of benzene rings is 1. The van der Waals surface area contributed by atoms with Gasteiger partial charge in [0.05, 0.1) is 22.9 Å². The molecule has 2 heterocycles. The van der Waals surface area contributed by atoms with Gasteiger partial charge in [0.15, 0.2) is 5.76 Å². The average Bonchev–Trinajstić information content (AvgIpc) is 3.26. The topological polar surface area (TPSA) is 127 Å². The number of amides is 4. The molecular formula is C26H36ClN5O5. The fourth-order valence-corrected chi connectivity index (χ4v) is 3.94. The molecular weight excluding hydrogens is 498 g/mol. The average molecular weight is 534 g/mol. The molecule has 0 saturated carbocycles. The lowest BCUT2D eigenvalue weighted by Crippen LogP contribution is -2.48. The number of anilines is 1. The predicted octanol–water partition coefficient (Wildman–Crippen LogP) is 3.31. The third kappa shape index (κ3) is 8.77. The van der Waals surface area contributed by atoms with Gasteiger partial charge in [-0.2, -0.15) is 0 Å². The van der Waals surface area contributed by atoms with E-state index in [0.29, 0.717) is 49.7 Å². The van der Waals surface area contributed by atoms with Crippen LogP contribution >= 0.6 is 11.6 Å². The van der Waals surface area contributed by atoms with Crippen molar-refractivity contribution in [2.75, 3.05) is 38.0 Å². The van der Waals surface area contributed by atoms with Gasteiger partial charge in [-0.25, -0.2) is 4.79 Å². The number of nitrogens with one attached hydrogen (secondary N) is 3. The molecule has 37 heavy (non-hydrogen) atoms. The molecule has 1 aromatic heterocycles. The molecule has 0 aliphatic carbocycles. The summed E-state index contributed by atoms with van der Waals surface area (Å²) in [5.74, 6) is 0.589. The summed E-state index contributed by atoms with van der Waals surface area (Å²) in [4.78, 5) is 41.2. The van der Waals surface area contributed by atoms with E-state index in [1.807, 2.05) is 20.8 Å². The Kier molecular flexibility index (Phi) is 8.88. The van der Waals surface area contributed by atoms with Crippen LogP contribution in [0, 0.1) is 0 Å². The fraction of sp³-hybridized carbons (Fsp3) is 0.500. The van der Waals surface area contributed by atoms with Crippen LogP contribution in [0.15, 0.2) is 34.7 Å². The summed E-state index contributed by atoms with van der Waals surface area (Å²) in [6.07, 6.45) is 0. The van der Waals surface area contributed by atoms with E-state index in [-0.39, 0.29) is 34.7 Å². The lowest BCUT2D eigenvalue weighted by atomic mass is 10.1. The van der Waals surface area contributed by atoms with Crippen molar-refractivity contribution in [1.29, 1.82) is 0 Å². The Balaban J connectivity index is 1.50. The molecule has 0 bridgehead atoms. The van der Waals surface area contributed by atoms with Crippen molar-refractivity contribution >= 4 is 35.1 Å². The van der Waals surface area contributed by atoms with Crippen LogP contribution in [0.4, 0.5) is 10.5 Å². The van der Waals surface area contributed by atoms with E-state index in [4.69, 9.17) is 16.0 Å². The summed E-state index contributed by atoms with van der Waals surface area (Å²) in [6, 6.07) is 7.72. The van der Waals surface area contributed by atoms with Gasteiger partial charge in [-0.3, -0.25) is 14.5 Å². The van der Waals surface area contributed by atoms with Crippen molar-refractivity contribution in [1.82, 2.24) is 20.4 Å². The number of carbonyl (C=O) groups is 3. The van der Waals surface area contributed by atoms with Gasteiger partial charge in [0.25, 0.3) is 11.8 Å². The number of carbonyl (C=O) groups excluding carboxylic acids is 3. The molecule has 1 aliphatic heterocycles. The van der Waals surface area contributed by atoms with Crippen molar-refractivity contribution in [3.05, 3.63) is 52.4 Å². The highest BCUT2D eigenvalue weighted by Gasteiger charge is 2.24. The molecule has 10 nitrogen and oxygen atoms in total. The van der Waals surface area contributed by atoms with E-state index in [2.05, 4.69) is 20.9 Å². The van der Waals surface area contributed by atoms with Crippen molar-refractivity contribution < 1.29 is 23.9 Å². The van der Waals surface area contributed by atoms with Crippen molar-refractivity contribution in [2.45, 2.75) is 52.3 Å². The van der Waals surface area contributed by atoms with Crippen LogP contribution in [-0.4, -0.2) is 76.6 Å². The molecule has 3 rings (SSSR count). The lowest BCUT2D eigenvalue weighted by molar-refractivity contribution is 0.0617. The Labute approximate surface area is 222 Å². The minimum absolute atomic E-state index is 0.0760. The van der Waals surface area contributed by atoms with Crippen molar-refractivity contribution in [2.24, 2.45) is 0 Å². The van der Waals surface area contributed by atoms with Gasteiger partial charge < -0.3 is 30.4 Å². The largest absolute Gasteiger partial charge is 0.455 e. The number of hydrogen-bond acceptors (Lipinski definition) is 6. The molecule has 0 radical (unpaired) electrons. The number of furan rings is 1. The van der Waals surface area contributed by atoms with Gasteiger partial charge in [-0.15, -0.1) is 0 Å². The molecule has 11 heteroatoms. The second-order valence-electron chi connectivity index (χ2n) is 10.9. The van der Waals surface area contributed by atoms with Crippen molar-refractivity contribution in [3.63, 3.8) is 0 Å². The molecule has 0 spiro atoms. The highest BCUT2D eigenvalue weighted by Crippen LogP contribution is 2.24. The predicted molar refractivity (Wildman–Crippen MR) is 142 cm³/mol. The summed E-state index contributed by atoms with van der Waals surface area (Å²) in [5.41, 5.74) is -0.586. The van der Waals surface area contributed by atoms with Gasteiger partial charge in [0.2, 0.25) is 0 Å². The Morgan fingerprint density at radius 2 is 1.70 bits per heavy atom. The Hall–Kier alpha value is -3.08. The molecule has 1 aromatic carbocycles. The fourth-order valence-electron chi connectivity index (χ4n) is 3.71. The number of halogens is 1. The van der Waals surface area contributed by atoms with Crippen LogP contribution in [-0.2, 0) is 6.54 Å². The third-order valence-corrected chi connectivity index (χ3v) is 5.87. The highest BCUT2D eigenvalue weighted by molar-refractivity contribution is 6.34. The van der Waals surface area contributed by atoms with E-state index >= 15 is 0 Å². The van der Waals surface area contributed by atoms with Crippen LogP contribution in [0.1, 0.15) is 61.3 Å². The molecule has 1 saturated heterocycles. The third-order valence-electron chi connectivity index (χ3n) is 5.56. The summed E-state index contributed by atoms with van der Waals surface area (Å²) in [7, 11) is 0. The number of aliphatic hydroxyl groups is 1. The number of rotatable bonds is 7. The standard InChI is InChI=1S/C26H36ClN5O5/c1-25(2,3)30-22(33)21-9-7-18(37-21)15-31-10-12-32(13-11-31)23(34)17-6-8-20(19(27)14-17)29-24(35)28-16-26(4,5)36/h6-9,14,36H,10-13,15-16H2,1-5H3,(H,30,33)(H2,28,29,35). The lowest BCUT2D eigenvalue weighted by Gasteiger charge is -2.34. The van der Waals surface area contributed by atoms with E-state index in [1.165, 1.54) is 6.07 Å². The van der Waals surface area contributed by atoms with Crippen LogP contribution < -0.4 is 16.0 Å². The zero-order valence-corrected chi connectivity index (χ0v) is 22.7. The first-order valence-electron chi connectivity index (χ1n) is 12.2. The quantitative estimate of drug-likeness (QED) is 0.432. The van der Waals surface area contributed by atoms with Gasteiger partial charge in [0.1, 0.15) is 5.76 Å². The number of urea groups is 1. The molecule has 0 unspecified atom stereocenters. The van der Waals surface area contributed by atoms with E-state index < -0.39 is 11.6 Å². The van der Waals surface area contributed by atoms with Gasteiger partial charge in [-0.05, 0) is 65.0 Å². The minimum Gasteiger partial charge on any atom is -0.455 e. The highest BCUT2D eigenvalue weighted by atomic mass is 35.5. The first-order chi connectivity index (χ1) is 17.2. The second kappa shape index (κ2) is 11.5. The zero-order chi connectivity index (χ0) is 27.4. The monoisotopic (exact) mass is 533 g/mol. The first-order valence-corrected chi connectivity index (χ1v) is 12.6. The maximum absolute atomic E-state index is 13.0. The second-order valence-corrected chi connectivity index (χ2v) is 11.3. The molecule has 2 aromatic rings. The SMILES string of the molecule is CC(C)(O)CNC(=O)Nc1ccc(C(=O)N2CCN(Cc3ccc(C(=O)NC(C)(C)C)o3)CC2)cc1Cl. The Bertz CT molecular complexity index is 1130. The molecule has 1 aliphatic rings. The molecule has 4 amide bonds. The first kappa shape index (κ1) is 28.5. The maximum Gasteiger partial charge on any atom is 0.319 e. The van der Waals surface area contributed by atoms with E-state index in [1.54, 1.807) is 43.0 Å². The number of nitrogens with zero attached hydrogens (tertiary/aromatic N) is 2. The molecule has 0 atom stereocenters.